The molecule has 0 saturated carbocycles. The smallest absolute Gasteiger partial charge is 0.344 e. The van der Waals surface area contributed by atoms with E-state index >= 15 is 0 Å². The maximum absolute atomic E-state index is 11.8. The van der Waals surface area contributed by atoms with Gasteiger partial charge in [0.2, 0.25) is 5.91 Å². The van der Waals surface area contributed by atoms with Gasteiger partial charge in [-0.2, -0.15) is 5.10 Å². The highest BCUT2D eigenvalue weighted by Crippen LogP contribution is 2.20. The number of nitrogens with one attached hydrogen (secondary N) is 1. The van der Waals surface area contributed by atoms with Crippen molar-refractivity contribution >= 4 is 24.1 Å². The van der Waals surface area contributed by atoms with E-state index in [0.717, 1.165) is 27.6 Å². The van der Waals surface area contributed by atoms with Gasteiger partial charge in [-0.25, -0.2) is 14.6 Å². The highest BCUT2D eigenvalue weighted by molar-refractivity contribution is 6.02. The molecule has 1 aromatic heterocycles. The summed E-state index contributed by atoms with van der Waals surface area (Å²) in [5, 5.41) is 7.35. The van der Waals surface area contributed by atoms with E-state index in [2.05, 4.69) is 10.4 Å². The first-order valence-electron chi connectivity index (χ1n) is 8.52. The molecule has 1 saturated heterocycles. The van der Waals surface area contributed by atoms with Gasteiger partial charge in [0, 0.05) is 22.6 Å². The molecule has 8 heteroatoms. The molecule has 1 aromatic carbocycles. The molecule has 27 heavy (non-hydrogen) atoms. The van der Waals surface area contributed by atoms with Crippen LogP contribution in [0.25, 0.3) is 5.69 Å². The molecule has 1 fully saturated rings. The Kier molecular flexibility index (Phi) is 5.07. The van der Waals surface area contributed by atoms with Gasteiger partial charge < -0.3 is 9.30 Å². The van der Waals surface area contributed by atoms with Crippen molar-refractivity contribution in [2.45, 2.75) is 20.8 Å². The quantitative estimate of drug-likeness (QED) is 0.497. The zero-order valence-corrected chi connectivity index (χ0v) is 15.4. The Bertz CT molecular complexity index is 928. The molecule has 1 N–H and O–H groups in total. The van der Waals surface area contributed by atoms with E-state index in [1.54, 1.807) is 25.3 Å². The number of amides is 3. The SMILES string of the molecule is CCOC(=O)c1ccc(-n2c(C)cc(/C=N/N3CC(=O)NC3=O)c2C)cc1. The number of rotatable bonds is 5. The lowest BCUT2D eigenvalue weighted by Gasteiger charge is -2.10. The number of carbonyl (C=O) groups excluding carboxylic acids is 3. The Balaban J connectivity index is 1.84. The van der Waals surface area contributed by atoms with Crippen LogP contribution in [-0.4, -0.2) is 46.8 Å². The van der Waals surface area contributed by atoms with Gasteiger partial charge in [0.05, 0.1) is 18.4 Å². The van der Waals surface area contributed by atoms with Crippen LogP contribution < -0.4 is 5.32 Å². The molecule has 0 bridgehead atoms. The molecule has 3 amide bonds. The number of nitrogens with zero attached hydrogens (tertiary/aromatic N) is 3. The van der Waals surface area contributed by atoms with Crippen LogP contribution in [0, 0.1) is 13.8 Å². The number of ether oxygens (including phenoxy) is 1. The Morgan fingerprint density at radius 3 is 2.56 bits per heavy atom. The fourth-order valence-electron chi connectivity index (χ4n) is 2.93. The number of imide groups is 1. The fourth-order valence-corrected chi connectivity index (χ4v) is 2.93. The summed E-state index contributed by atoms with van der Waals surface area (Å²) >= 11 is 0. The second kappa shape index (κ2) is 7.45. The van der Waals surface area contributed by atoms with Crippen molar-refractivity contribution < 1.29 is 19.1 Å². The summed E-state index contributed by atoms with van der Waals surface area (Å²) in [6.45, 7) is 5.91. The number of esters is 1. The summed E-state index contributed by atoms with van der Waals surface area (Å²) in [5.74, 6) is -0.722. The minimum atomic E-state index is -0.528. The van der Waals surface area contributed by atoms with Gasteiger partial charge in [0.15, 0.2) is 0 Å². The fraction of sp³-hybridized carbons (Fsp3) is 0.263. The molecule has 1 aliphatic heterocycles. The van der Waals surface area contributed by atoms with Gasteiger partial charge in [0.1, 0.15) is 6.54 Å². The van der Waals surface area contributed by atoms with E-state index in [1.807, 2.05) is 36.6 Å². The molecule has 2 aromatic rings. The van der Waals surface area contributed by atoms with Crippen LogP contribution >= 0.6 is 0 Å². The topological polar surface area (TPSA) is 93.0 Å². The van der Waals surface area contributed by atoms with E-state index in [1.165, 1.54) is 0 Å². The highest BCUT2D eigenvalue weighted by atomic mass is 16.5. The Morgan fingerprint density at radius 1 is 1.26 bits per heavy atom. The second-order valence-corrected chi connectivity index (χ2v) is 6.08. The molecule has 0 aliphatic carbocycles. The number of hydrogen-bond donors (Lipinski definition) is 1. The van der Waals surface area contributed by atoms with Crippen molar-refractivity contribution in [3.8, 4) is 5.69 Å². The molecule has 2 heterocycles. The summed E-state index contributed by atoms with van der Waals surface area (Å²) in [6, 6.07) is 8.55. The van der Waals surface area contributed by atoms with Crippen LogP contribution in [0.4, 0.5) is 4.79 Å². The third-order valence-corrected chi connectivity index (χ3v) is 4.22. The Labute approximate surface area is 156 Å². The van der Waals surface area contributed by atoms with Crippen LogP contribution in [0.5, 0.6) is 0 Å². The maximum Gasteiger partial charge on any atom is 0.344 e. The lowest BCUT2D eigenvalue weighted by atomic mass is 10.2. The van der Waals surface area contributed by atoms with Crippen molar-refractivity contribution in [3.05, 3.63) is 52.8 Å². The number of carbonyl (C=O) groups is 3. The van der Waals surface area contributed by atoms with Crippen molar-refractivity contribution in [2.75, 3.05) is 13.2 Å². The summed E-state index contributed by atoms with van der Waals surface area (Å²) in [4.78, 5) is 34.6. The second-order valence-electron chi connectivity index (χ2n) is 6.08. The standard InChI is InChI=1S/C19H20N4O4/c1-4-27-18(25)14-5-7-16(8-6-14)23-12(2)9-15(13(23)3)10-20-22-11-17(24)21-19(22)26/h5-10H,4,11H2,1-3H3,(H,21,24,26)/b20-10+. The molecule has 0 spiro atoms. The van der Waals surface area contributed by atoms with Crippen molar-refractivity contribution in [2.24, 2.45) is 5.10 Å². The zero-order valence-electron chi connectivity index (χ0n) is 15.4. The average Bonchev–Trinajstić information content (AvgIpc) is 3.11. The van der Waals surface area contributed by atoms with Crippen LogP contribution in [0.3, 0.4) is 0 Å². The van der Waals surface area contributed by atoms with Gasteiger partial charge in [-0.15, -0.1) is 0 Å². The molecule has 1 aliphatic rings. The van der Waals surface area contributed by atoms with Crippen LogP contribution in [0.2, 0.25) is 0 Å². The van der Waals surface area contributed by atoms with Gasteiger partial charge in [-0.05, 0) is 51.1 Å². The van der Waals surface area contributed by atoms with Gasteiger partial charge in [0.25, 0.3) is 0 Å². The maximum atomic E-state index is 11.8. The first kappa shape index (κ1) is 18.4. The third kappa shape index (κ3) is 3.74. The van der Waals surface area contributed by atoms with Crippen LogP contribution in [0.15, 0.2) is 35.4 Å². The largest absolute Gasteiger partial charge is 0.462 e. The minimum Gasteiger partial charge on any atom is -0.462 e. The van der Waals surface area contributed by atoms with E-state index in [4.69, 9.17) is 4.74 Å². The predicted molar refractivity (Wildman–Crippen MR) is 99.0 cm³/mol. The van der Waals surface area contributed by atoms with Crippen LogP contribution in [0.1, 0.15) is 34.2 Å². The number of urea groups is 1. The lowest BCUT2D eigenvalue weighted by molar-refractivity contribution is -0.118. The molecule has 8 nitrogen and oxygen atoms in total. The van der Waals surface area contributed by atoms with E-state index in [0.29, 0.717) is 12.2 Å². The summed E-state index contributed by atoms with van der Waals surface area (Å²) in [7, 11) is 0. The molecule has 0 unspecified atom stereocenters. The first-order valence-corrected chi connectivity index (χ1v) is 8.52. The normalized spacial score (nSPS) is 14.1. The number of aryl methyl sites for hydroxylation is 1. The molecule has 3 rings (SSSR count). The monoisotopic (exact) mass is 368 g/mol. The Hall–Kier alpha value is -3.42. The summed E-state index contributed by atoms with van der Waals surface area (Å²) in [6.07, 6.45) is 1.56. The van der Waals surface area contributed by atoms with Gasteiger partial charge in [-0.1, -0.05) is 0 Å². The first-order chi connectivity index (χ1) is 12.9. The summed E-state index contributed by atoms with van der Waals surface area (Å²) < 4.78 is 7.02. The van der Waals surface area contributed by atoms with Crippen molar-refractivity contribution in [3.63, 3.8) is 0 Å². The molecule has 140 valence electrons. The van der Waals surface area contributed by atoms with Crippen molar-refractivity contribution in [1.82, 2.24) is 14.9 Å². The van der Waals surface area contributed by atoms with E-state index in [9.17, 15) is 14.4 Å². The number of benzene rings is 1. The molecule has 0 atom stereocenters. The van der Waals surface area contributed by atoms with Crippen LogP contribution in [-0.2, 0) is 9.53 Å². The van der Waals surface area contributed by atoms with Gasteiger partial charge >= 0.3 is 12.0 Å². The molecule has 0 radical (unpaired) electrons. The highest BCUT2D eigenvalue weighted by Gasteiger charge is 2.26. The lowest BCUT2D eigenvalue weighted by Crippen LogP contribution is -2.24. The summed E-state index contributed by atoms with van der Waals surface area (Å²) in [5.41, 5.74) is 4.11. The van der Waals surface area contributed by atoms with Crippen molar-refractivity contribution in [1.29, 1.82) is 0 Å². The average molecular weight is 368 g/mol. The number of hydrogen-bond acceptors (Lipinski definition) is 5. The van der Waals surface area contributed by atoms with E-state index < -0.39 is 6.03 Å². The minimum absolute atomic E-state index is 0.0800. The van der Waals surface area contributed by atoms with Gasteiger partial charge in [-0.3, -0.25) is 10.1 Å². The predicted octanol–water partition coefficient (Wildman–Crippen LogP) is 2.16. The third-order valence-electron chi connectivity index (χ3n) is 4.22. The number of hydrazone groups is 1. The zero-order chi connectivity index (χ0) is 19.6. The molecular formula is C19H20N4O4. The molecular weight excluding hydrogens is 348 g/mol. The Morgan fingerprint density at radius 2 is 1.96 bits per heavy atom. The number of aromatic nitrogens is 1. The van der Waals surface area contributed by atoms with E-state index in [-0.39, 0.29) is 18.4 Å².